The molecule has 1 aromatic rings. The summed E-state index contributed by atoms with van der Waals surface area (Å²) >= 11 is 0. The van der Waals surface area contributed by atoms with E-state index in [9.17, 15) is 9.59 Å². The first kappa shape index (κ1) is 14.3. The molecule has 1 saturated carbocycles. The third-order valence-corrected chi connectivity index (χ3v) is 4.46. The molecule has 1 saturated heterocycles. The molecule has 3 rings (SSSR count). The summed E-state index contributed by atoms with van der Waals surface area (Å²) in [6.07, 6.45) is 5.95. The fourth-order valence-corrected chi connectivity index (χ4v) is 2.85. The van der Waals surface area contributed by atoms with Gasteiger partial charge in [0, 0.05) is 50.9 Å². The molecular weight excluding hydrogens is 266 g/mol. The summed E-state index contributed by atoms with van der Waals surface area (Å²) in [7, 11) is 1.76. The van der Waals surface area contributed by atoms with Crippen LogP contribution in [0.15, 0.2) is 23.1 Å². The van der Waals surface area contributed by atoms with Crippen LogP contribution in [0.2, 0.25) is 0 Å². The highest BCUT2D eigenvalue weighted by Gasteiger charge is 2.31. The Morgan fingerprint density at radius 3 is 2.62 bits per heavy atom. The minimum absolute atomic E-state index is 0.0408. The van der Waals surface area contributed by atoms with E-state index in [1.165, 1.54) is 0 Å². The van der Waals surface area contributed by atoms with Gasteiger partial charge in [0.05, 0.1) is 0 Å². The maximum Gasteiger partial charge on any atom is 0.250 e. The Hall–Kier alpha value is -1.62. The van der Waals surface area contributed by atoms with Crippen molar-refractivity contribution in [2.24, 2.45) is 13.0 Å². The number of likely N-dealkylation sites (tertiary alicyclic amines) is 1. The third kappa shape index (κ3) is 3.73. The predicted octanol–water partition coefficient (Wildman–Crippen LogP) is 0.876. The number of amides is 1. The number of carbonyl (C=O) groups is 1. The van der Waals surface area contributed by atoms with Gasteiger partial charge in [0.25, 0.3) is 5.56 Å². The van der Waals surface area contributed by atoms with Crippen molar-refractivity contribution in [1.82, 2.24) is 14.8 Å². The van der Waals surface area contributed by atoms with E-state index in [-0.39, 0.29) is 11.5 Å². The summed E-state index contributed by atoms with van der Waals surface area (Å²) in [5, 5.41) is 3.16. The maximum absolute atomic E-state index is 11.8. The second kappa shape index (κ2) is 6.02. The SMILES string of the molecule is Cn1ccc(CN2CCC(NC(=O)C3CC3)CC2)cc1=O. The largest absolute Gasteiger partial charge is 0.353 e. The van der Waals surface area contributed by atoms with Gasteiger partial charge < -0.3 is 9.88 Å². The van der Waals surface area contributed by atoms with Gasteiger partial charge in [-0.15, -0.1) is 0 Å². The summed E-state index contributed by atoms with van der Waals surface area (Å²) in [4.78, 5) is 25.7. The highest BCUT2D eigenvalue weighted by Crippen LogP contribution is 2.29. The summed E-state index contributed by atoms with van der Waals surface area (Å²) in [6.45, 7) is 2.77. The summed E-state index contributed by atoms with van der Waals surface area (Å²) < 4.78 is 1.59. The van der Waals surface area contributed by atoms with Crippen molar-refractivity contribution in [1.29, 1.82) is 0 Å². The quantitative estimate of drug-likeness (QED) is 0.895. The number of hydrogen-bond acceptors (Lipinski definition) is 3. The molecule has 2 heterocycles. The number of hydrogen-bond donors (Lipinski definition) is 1. The van der Waals surface area contributed by atoms with E-state index in [2.05, 4.69) is 10.2 Å². The molecule has 5 heteroatoms. The molecule has 0 atom stereocenters. The Labute approximate surface area is 124 Å². The van der Waals surface area contributed by atoms with Crippen LogP contribution in [0.25, 0.3) is 0 Å². The molecule has 5 nitrogen and oxygen atoms in total. The monoisotopic (exact) mass is 289 g/mol. The fraction of sp³-hybridized carbons (Fsp3) is 0.625. The van der Waals surface area contributed by atoms with Crippen molar-refractivity contribution in [3.63, 3.8) is 0 Å². The standard InChI is InChI=1S/C16H23N3O2/c1-18-7-4-12(10-15(18)20)11-19-8-5-14(6-9-19)17-16(21)13-2-3-13/h4,7,10,13-14H,2-3,5-6,8-9,11H2,1H3,(H,17,21). The van der Waals surface area contributed by atoms with Gasteiger partial charge in [0.1, 0.15) is 0 Å². The highest BCUT2D eigenvalue weighted by molar-refractivity contribution is 5.81. The van der Waals surface area contributed by atoms with Crippen molar-refractivity contribution < 1.29 is 4.79 Å². The van der Waals surface area contributed by atoms with Crippen LogP contribution in [-0.4, -0.2) is 34.5 Å². The van der Waals surface area contributed by atoms with Gasteiger partial charge in [-0.2, -0.15) is 0 Å². The molecule has 0 bridgehead atoms. The molecular formula is C16H23N3O2. The molecule has 21 heavy (non-hydrogen) atoms. The molecule has 114 valence electrons. The lowest BCUT2D eigenvalue weighted by molar-refractivity contribution is -0.123. The highest BCUT2D eigenvalue weighted by atomic mass is 16.2. The van der Waals surface area contributed by atoms with Crippen LogP contribution in [0.4, 0.5) is 0 Å². The van der Waals surface area contributed by atoms with Crippen molar-refractivity contribution in [3.05, 3.63) is 34.2 Å². The summed E-state index contributed by atoms with van der Waals surface area (Å²) in [6, 6.07) is 4.04. The fourth-order valence-electron chi connectivity index (χ4n) is 2.85. The van der Waals surface area contributed by atoms with E-state index in [0.29, 0.717) is 12.0 Å². The van der Waals surface area contributed by atoms with Gasteiger partial charge in [-0.3, -0.25) is 14.5 Å². The number of carbonyl (C=O) groups excluding carboxylic acids is 1. The van der Waals surface area contributed by atoms with Crippen LogP contribution in [0.1, 0.15) is 31.2 Å². The minimum atomic E-state index is 0.0408. The molecule has 1 N–H and O–H groups in total. The lowest BCUT2D eigenvalue weighted by Crippen LogP contribution is -2.44. The van der Waals surface area contributed by atoms with E-state index in [0.717, 1.165) is 50.9 Å². The second-order valence-corrected chi connectivity index (χ2v) is 6.32. The number of piperidine rings is 1. The molecule has 0 aromatic carbocycles. The van der Waals surface area contributed by atoms with Crippen molar-refractivity contribution in [2.45, 2.75) is 38.3 Å². The number of nitrogens with one attached hydrogen (secondary N) is 1. The zero-order valence-electron chi connectivity index (χ0n) is 12.5. The average molecular weight is 289 g/mol. The molecule has 2 fully saturated rings. The van der Waals surface area contributed by atoms with Gasteiger partial charge in [-0.25, -0.2) is 0 Å². The van der Waals surface area contributed by atoms with Crippen LogP contribution in [0, 0.1) is 5.92 Å². The average Bonchev–Trinajstić information content (AvgIpc) is 3.30. The maximum atomic E-state index is 11.8. The smallest absolute Gasteiger partial charge is 0.250 e. The molecule has 1 aliphatic heterocycles. The lowest BCUT2D eigenvalue weighted by Gasteiger charge is -2.32. The Morgan fingerprint density at radius 2 is 2.00 bits per heavy atom. The van der Waals surface area contributed by atoms with E-state index in [4.69, 9.17) is 0 Å². The Morgan fingerprint density at radius 1 is 1.29 bits per heavy atom. The van der Waals surface area contributed by atoms with Crippen molar-refractivity contribution in [2.75, 3.05) is 13.1 Å². The lowest BCUT2D eigenvalue weighted by atomic mass is 10.0. The summed E-state index contributed by atoms with van der Waals surface area (Å²) in [5.41, 5.74) is 1.11. The minimum Gasteiger partial charge on any atom is -0.353 e. The molecule has 0 radical (unpaired) electrons. The molecule has 1 aromatic heterocycles. The van der Waals surface area contributed by atoms with Crippen molar-refractivity contribution >= 4 is 5.91 Å². The van der Waals surface area contributed by atoms with E-state index < -0.39 is 0 Å². The summed E-state index contributed by atoms with van der Waals surface area (Å²) in [5.74, 6) is 0.545. The third-order valence-electron chi connectivity index (χ3n) is 4.46. The molecule has 0 unspecified atom stereocenters. The number of pyridine rings is 1. The van der Waals surface area contributed by atoms with Crippen LogP contribution in [0.5, 0.6) is 0 Å². The Balaban J connectivity index is 1.47. The van der Waals surface area contributed by atoms with E-state index >= 15 is 0 Å². The number of rotatable bonds is 4. The zero-order valence-corrected chi connectivity index (χ0v) is 12.5. The van der Waals surface area contributed by atoms with Gasteiger partial charge in [0.2, 0.25) is 5.91 Å². The van der Waals surface area contributed by atoms with Crippen molar-refractivity contribution in [3.8, 4) is 0 Å². The number of aromatic nitrogens is 1. The van der Waals surface area contributed by atoms with Crippen LogP contribution in [0.3, 0.4) is 0 Å². The Kier molecular flexibility index (Phi) is 4.10. The first-order valence-electron chi connectivity index (χ1n) is 7.80. The predicted molar refractivity (Wildman–Crippen MR) is 80.8 cm³/mol. The molecule has 0 spiro atoms. The van der Waals surface area contributed by atoms with Crippen LogP contribution >= 0.6 is 0 Å². The van der Waals surface area contributed by atoms with Gasteiger partial charge in [-0.1, -0.05) is 0 Å². The zero-order chi connectivity index (χ0) is 14.8. The van der Waals surface area contributed by atoms with Gasteiger partial charge in [0.15, 0.2) is 0 Å². The van der Waals surface area contributed by atoms with Crippen LogP contribution < -0.4 is 10.9 Å². The number of nitrogens with zero attached hydrogens (tertiary/aromatic N) is 2. The van der Waals surface area contributed by atoms with E-state index in [1.54, 1.807) is 17.7 Å². The second-order valence-electron chi connectivity index (χ2n) is 6.32. The molecule has 1 aliphatic carbocycles. The van der Waals surface area contributed by atoms with Crippen LogP contribution in [-0.2, 0) is 18.4 Å². The molecule has 2 aliphatic rings. The first-order valence-corrected chi connectivity index (χ1v) is 7.80. The van der Waals surface area contributed by atoms with E-state index in [1.807, 2.05) is 12.3 Å². The normalized spacial score (nSPS) is 20.4. The first-order chi connectivity index (χ1) is 10.1. The van der Waals surface area contributed by atoms with Gasteiger partial charge in [-0.05, 0) is 37.3 Å². The van der Waals surface area contributed by atoms with Gasteiger partial charge >= 0.3 is 0 Å². The molecule has 1 amide bonds. The number of aryl methyl sites for hydroxylation is 1. The topological polar surface area (TPSA) is 54.3 Å². The Bertz CT molecular complexity index is 569.